The third kappa shape index (κ3) is 3.42. The molecule has 2 aromatic rings. The summed E-state index contributed by atoms with van der Waals surface area (Å²) >= 11 is 1.94. The monoisotopic (exact) mass is 321 g/mol. The Hall–Kier alpha value is -1.80. The van der Waals surface area contributed by atoms with Crippen LogP contribution >= 0.6 is 11.8 Å². The Labute approximate surface area is 143 Å². The first kappa shape index (κ1) is 16.1. The number of thioether (sulfide) groups is 1. The molecule has 0 amide bonds. The third-order valence-corrected chi connectivity index (χ3v) is 5.78. The maximum Gasteiger partial charge on any atom is 0.0740 e. The average Bonchev–Trinajstić information content (AvgIpc) is 2.79. The molecule has 0 spiro atoms. The minimum atomic E-state index is -0.0264. The second-order valence-corrected chi connectivity index (χ2v) is 6.98. The summed E-state index contributed by atoms with van der Waals surface area (Å²) in [6.07, 6.45) is 6.44. The van der Waals surface area contributed by atoms with Crippen LogP contribution in [0.25, 0.3) is 0 Å². The Morgan fingerprint density at radius 1 is 1.09 bits per heavy atom. The Bertz CT molecular complexity index is 718. The van der Waals surface area contributed by atoms with E-state index < -0.39 is 0 Å². The summed E-state index contributed by atoms with van der Waals surface area (Å²) in [5.41, 5.74) is 3.58. The number of rotatable bonds is 4. The Kier molecular flexibility index (Phi) is 5.02. The number of aliphatic imine (C=N–C) groups is 1. The molecule has 1 aliphatic heterocycles. The first-order valence-electron chi connectivity index (χ1n) is 8.26. The molecule has 3 rings (SSSR count). The summed E-state index contributed by atoms with van der Waals surface area (Å²) in [5.74, 6) is 1.03. The lowest BCUT2D eigenvalue weighted by atomic mass is 9.93. The van der Waals surface area contributed by atoms with E-state index in [4.69, 9.17) is 4.99 Å². The Morgan fingerprint density at radius 2 is 1.83 bits per heavy atom. The standard InChI is InChI=1S/C21H23NS/c1-3-5-15-21(4-2)16-23-19-14-10-9-13-18(19)20(22-21)17-11-7-6-8-12-17/h3,5-14H,4,15-16H2,1-2H3. The van der Waals surface area contributed by atoms with Crippen LogP contribution < -0.4 is 0 Å². The van der Waals surface area contributed by atoms with E-state index in [1.165, 1.54) is 16.0 Å². The van der Waals surface area contributed by atoms with Gasteiger partial charge in [0.2, 0.25) is 0 Å². The van der Waals surface area contributed by atoms with Crippen molar-refractivity contribution in [3.63, 3.8) is 0 Å². The lowest BCUT2D eigenvalue weighted by Crippen LogP contribution is -2.29. The van der Waals surface area contributed by atoms with E-state index in [9.17, 15) is 0 Å². The number of hydrogen-bond acceptors (Lipinski definition) is 2. The molecule has 118 valence electrons. The van der Waals surface area contributed by atoms with Crippen LogP contribution in [0.5, 0.6) is 0 Å². The highest BCUT2D eigenvalue weighted by atomic mass is 32.2. The molecular formula is C21H23NS. The molecule has 1 heterocycles. The smallest absolute Gasteiger partial charge is 0.0740 e. The molecule has 2 aromatic carbocycles. The number of benzene rings is 2. The molecule has 0 saturated heterocycles. The number of fused-ring (bicyclic) bond motifs is 1. The van der Waals surface area contributed by atoms with Crippen LogP contribution in [0.4, 0.5) is 0 Å². The van der Waals surface area contributed by atoms with Gasteiger partial charge in [-0.2, -0.15) is 0 Å². The van der Waals surface area contributed by atoms with Crippen LogP contribution in [0.3, 0.4) is 0 Å². The first-order valence-corrected chi connectivity index (χ1v) is 9.25. The summed E-state index contributed by atoms with van der Waals surface area (Å²) in [6.45, 7) is 4.34. The lowest BCUT2D eigenvalue weighted by molar-refractivity contribution is 0.472. The first-order chi connectivity index (χ1) is 11.3. The molecule has 0 bridgehead atoms. The van der Waals surface area contributed by atoms with E-state index >= 15 is 0 Å². The number of hydrogen-bond donors (Lipinski definition) is 0. The minimum absolute atomic E-state index is 0.0264. The van der Waals surface area contributed by atoms with Crippen molar-refractivity contribution in [2.45, 2.75) is 37.1 Å². The molecule has 1 atom stereocenters. The summed E-state index contributed by atoms with van der Waals surface area (Å²) in [5, 5.41) is 0. The summed E-state index contributed by atoms with van der Waals surface area (Å²) < 4.78 is 0. The summed E-state index contributed by atoms with van der Waals surface area (Å²) in [4.78, 5) is 6.66. The highest BCUT2D eigenvalue weighted by Crippen LogP contribution is 2.37. The lowest BCUT2D eigenvalue weighted by Gasteiger charge is -2.26. The predicted molar refractivity (Wildman–Crippen MR) is 102 cm³/mol. The molecule has 0 radical (unpaired) electrons. The van der Waals surface area contributed by atoms with Gasteiger partial charge in [-0.1, -0.05) is 67.6 Å². The maximum absolute atomic E-state index is 5.32. The van der Waals surface area contributed by atoms with Crippen molar-refractivity contribution < 1.29 is 0 Å². The van der Waals surface area contributed by atoms with Gasteiger partial charge in [0, 0.05) is 21.8 Å². The van der Waals surface area contributed by atoms with Crippen molar-refractivity contribution in [2.24, 2.45) is 4.99 Å². The fourth-order valence-electron chi connectivity index (χ4n) is 2.91. The van der Waals surface area contributed by atoms with E-state index in [0.29, 0.717) is 0 Å². The van der Waals surface area contributed by atoms with E-state index in [1.807, 2.05) is 11.8 Å². The highest BCUT2D eigenvalue weighted by molar-refractivity contribution is 7.99. The fraction of sp³-hybridized carbons (Fsp3) is 0.286. The van der Waals surface area contributed by atoms with Crippen LogP contribution in [0.2, 0.25) is 0 Å². The second-order valence-electron chi connectivity index (χ2n) is 5.96. The number of allylic oxidation sites excluding steroid dienone is 1. The zero-order chi connectivity index (χ0) is 16.1. The molecule has 23 heavy (non-hydrogen) atoms. The second kappa shape index (κ2) is 7.18. The van der Waals surface area contributed by atoms with Gasteiger partial charge >= 0.3 is 0 Å². The molecule has 0 aliphatic carbocycles. The zero-order valence-electron chi connectivity index (χ0n) is 13.8. The van der Waals surface area contributed by atoms with Crippen molar-refractivity contribution in [3.8, 4) is 0 Å². The van der Waals surface area contributed by atoms with Gasteiger partial charge in [-0.05, 0) is 25.8 Å². The van der Waals surface area contributed by atoms with Gasteiger partial charge < -0.3 is 0 Å². The van der Waals surface area contributed by atoms with Crippen LogP contribution in [0, 0.1) is 0 Å². The third-order valence-electron chi connectivity index (χ3n) is 4.43. The predicted octanol–water partition coefficient (Wildman–Crippen LogP) is 5.74. The van der Waals surface area contributed by atoms with Crippen molar-refractivity contribution in [1.29, 1.82) is 0 Å². The van der Waals surface area contributed by atoms with E-state index in [1.54, 1.807) is 0 Å². The highest BCUT2D eigenvalue weighted by Gasteiger charge is 2.31. The van der Waals surface area contributed by atoms with E-state index in [0.717, 1.165) is 24.3 Å². The molecule has 0 saturated carbocycles. The van der Waals surface area contributed by atoms with Crippen molar-refractivity contribution in [3.05, 3.63) is 77.9 Å². The van der Waals surface area contributed by atoms with Crippen LogP contribution in [-0.4, -0.2) is 17.0 Å². The molecule has 1 unspecified atom stereocenters. The van der Waals surface area contributed by atoms with Crippen molar-refractivity contribution in [1.82, 2.24) is 0 Å². The average molecular weight is 321 g/mol. The molecule has 0 fully saturated rings. The van der Waals surface area contributed by atoms with Gasteiger partial charge in [0.05, 0.1) is 11.3 Å². The van der Waals surface area contributed by atoms with E-state index in [-0.39, 0.29) is 5.54 Å². The van der Waals surface area contributed by atoms with Gasteiger partial charge in [-0.25, -0.2) is 0 Å². The van der Waals surface area contributed by atoms with E-state index in [2.05, 4.69) is 80.6 Å². The van der Waals surface area contributed by atoms with Crippen LogP contribution in [0.1, 0.15) is 37.8 Å². The molecular weight excluding hydrogens is 298 g/mol. The quantitative estimate of drug-likeness (QED) is 0.654. The molecule has 2 heteroatoms. The Balaban J connectivity index is 2.16. The zero-order valence-corrected chi connectivity index (χ0v) is 14.6. The number of nitrogens with zero attached hydrogens (tertiary/aromatic N) is 1. The van der Waals surface area contributed by atoms with Gasteiger partial charge in [-0.15, -0.1) is 11.8 Å². The van der Waals surface area contributed by atoms with Gasteiger partial charge in [0.25, 0.3) is 0 Å². The topological polar surface area (TPSA) is 12.4 Å². The minimum Gasteiger partial charge on any atom is -0.276 e. The Morgan fingerprint density at radius 3 is 2.57 bits per heavy atom. The maximum atomic E-state index is 5.32. The van der Waals surface area contributed by atoms with Crippen molar-refractivity contribution in [2.75, 3.05) is 5.75 Å². The largest absolute Gasteiger partial charge is 0.276 e. The molecule has 0 aromatic heterocycles. The fourth-order valence-corrected chi connectivity index (χ4v) is 4.22. The summed E-state index contributed by atoms with van der Waals surface area (Å²) in [7, 11) is 0. The van der Waals surface area contributed by atoms with Gasteiger partial charge in [0.15, 0.2) is 0 Å². The SMILES string of the molecule is CC=CCC1(CC)CSc2ccccc2C(c2ccccc2)=N1. The summed E-state index contributed by atoms with van der Waals surface area (Å²) in [6, 6.07) is 19.3. The van der Waals surface area contributed by atoms with Crippen LogP contribution in [-0.2, 0) is 0 Å². The molecule has 1 aliphatic rings. The van der Waals surface area contributed by atoms with Gasteiger partial charge in [0.1, 0.15) is 0 Å². The van der Waals surface area contributed by atoms with Crippen LogP contribution in [0.15, 0.2) is 76.6 Å². The molecule has 0 N–H and O–H groups in total. The molecule has 1 nitrogen and oxygen atoms in total. The van der Waals surface area contributed by atoms with Gasteiger partial charge in [-0.3, -0.25) is 4.99 Å². The van der Waals surface area contributed by atoms with Crippen molar-refractivity contribution >= 4 is 17.5 Å². The normalized spacial score (nSPS) is 20.9.